The second-order valence-electron chi connectivity index (χ2n) is 8.41. The summed E-state index contributed by atoms with van der Waals surface area (Å²) in [6.45, 7) is 7.49. The Morgan fingerprint density at radius 3 is 1.81 bits per heavy atom. The molecule has 2 aromatic rings. The van der Waals surface area contributed by atoms with Gasteiger partial charge in [0.05, 0.1) is 12.2 Å². The third kappa shape index (κ3) is 9.76. The molecule has 0 aliphatic rings. The first-order chi connectivity index (χ1) is 15.6. The number of ether oxygens (including phenoxy) is 3. The van der Waals surface area contributed by atoms with E-state index < -0.39 is 0 Å². The molecule has 0 aliphatic carbocycles. The molecular weight excluding hydrogens is 400 g/mol. The van der Waals surface area contributed by atoms with Crippen molar-refractivity contribution in [2.45, 2.75) is 78.6 Å². The van der Waals surface area contributed by atoms with Crippen LogP contribution in [0.15, 0.2) is 42.5 Å². The van der Waals surface area contributed by atoms with E-state index in [9.17, 15) is 4.79 Å². The highest BCUT2D eigenvalue weighted by molar-refractivity contribution is 5.93. The van der Waals surface area contributed by atoms with E-state index in [1.54, 1.807) is 0 Å². The molecule has 0 bridgehead atoms. The van der Waals surface area contributed by atoms with Crippen LogP contribution in [0.5, 0.6) is 11.5 Å². The second kappa shape index (κ2) is 15.3. The first-order valence-corrected chi connectivity index (χ1v) is 12.2. The maximum atomic E-state index is 12.6. The monoisotopic (exact) mass is 440 g/mol. The highest BCUT2D eigenvalue weighted by Crippen LogP contribution is 2.23. The predicted molar refractivity (Wildman–Crippen MR) is 131 cm³/mol. The van der Waals surface area contributed by atoms with Crippen molar-refractivity contribution < 1.29 is 19.0 Å². The second-order valence-corrected chi connectivity index (χ2v) is 8.41. The molecule has 0 saturated heterocycles. The van der Waals surface area contributed by atoms with E-state index in [1.165, 1.54) is 44.9 Å². The number of esters is 1. The fourth-order valence-corrected chi connectivity index (χ4v) is 3.81. The predicted octanol–water partition coefficient (Wildman–Crippen LogP) is 7.45. The SMILES string of the molecule is CCCCCCCCCCCOC(=O)c1c(C)cc(OCCOc2ccccc2)cc1C. The maximum Gasteiger partial charge on any atom is 0.338 e. The van der Waals surface area contributed by atoms with Gasteiger partial charge in [-0.15, -0.1) is 0 Å². The van der Waals surface area contributed by atoms with E-state index in [0.29, 0.717) is 25.4 Å². The largest absolute Gasteiger partial charge is 0.490 e. The van der Waals surface area contributed by atoms with Gasteiger partial charge in [0.25, 0.3) is 0 Å². The zero-order valence-electron chi connectivity index (χ0n) is 20.2. The lowest BCUT2D eigenvalue weighted by atomic mass is 10.0. The zero-order chi connectivity index (χ0) is 23.0. The number of para-hydroxylation sites is 1. The molecule has 0 spiro atoms. The van der Waals surface area contributed by atoms with Crippen LogP contribution in [-0.4, -0.2) is 25.8 Å². The summed E-state index contributed by atoms with van der Waals surface area (Å²) in [6.07, 6.45) is 11.2. The number of carbonyl (C=O) groups excluding carboxylic acids is 1. The van der Waals surface area contributed by atoms with Gasteiger partial charge in [-0.1, -0.05) is 76.5 Å². The third-order valence-electron chi connectivity index (χ3n) is 5.56. The summed E-state index contributed by atoms with van der Waals surface area (Å²) < 4.78 is 17.0. The Kier molecular flexibility index (Phi) is 12.3. The van der Waals surface area contributed by atoms with E-state index in [0.717, 1.165) is 35.5 Å². The van der Waals surface area contributed by atoms with Crippen molar-refractivity contribution in [1.29, 1.82) is 0 Å². The molecule has 0 atom stereocenters. The maximum absolute atomic E-state index is 12.6. The normalized spacial score (nSPS) is 10.7. The third-order valence-corrected chi connectivity index (χ3v) is 5.56. The van der Waals surface area contributed by atoms with Crippen molar-refractivity contribution in [3.05, 3.63) is 59.2 Å². The summed E-state index contributed by atoms with van der Waals surface area (Å²) >= 11 is 0. The van der Waals surface area contributed by atoms with Gasteiger partial charge in [0.1, 0.15) is 24.7 Å². The van der Waals surface area contributed by atoms with Crippen LogP contribution in [0.2, 0.25) is 0 Å². The van der Waals surface area contributed by atoms with Gasteiger partial charge in [0.2, 0.25) is 0 Å². The number of aryl methyl sites for hydroxylation is 2. The van der Waals surface area contributed by atoms with Crippen LogP contribution in [0.4, 0.5) is 0 Å². The highest BCUT2D eigenvalue weighted by Gasteiger charge is 2.15. The Bertz CT molecular complexity index is 762. The molecule has 2 rings (SSSR count). The number of hydrogen-bond donors (Lipinski definition) is 0. The molecule has 0 unspecified atom stereocenters. The number of benzene rings is 2. The van der Waals surface area contributed by atoms with Crippen molar-refractivity contribution in [3.63, 3.8) is 0 Å². The van der Waals surface area contributed by atoms with Crippen molar-refractivity contribution in [3.8, 4) is 11.5 Å². The van der Waals surface area contributed by atoms with Gasteiger partial charge >= 0.3 is 5.97 Å². The molecule has 4 heteroatoms. The average Bonchev–Trinajstić information content (AvgIpc) is 2.78. The van der Waals surface area contributed by atoms with Crippen LogP contribution >= 0.6 is 0 Å². The van der Waals surface area contributed by atoms with Gasteiger partial charge < -0.3 is 14.2 Å². The summed E-state index contributed by atoms with van der Waals surface area (Å²) in [5.41, 5.74) is 2.40. The molecule has 0 heterocycles. The fourth-order valence-electron chi connectivity index (χ4n) is 3.81. The lowest BCUT2D eigenvalue weighted by Gasteiger charge is -2.13. The minimum Gasteiger partial charge on any atom is -0.490 e. The molecule has 4 nitrogen and oxygen atoms in total. The molecular formula is C28H40O4. The van der Waals surface area contributed by atoms with Crippen LogP contribution in [0.1, 0.15) is 86.2 Å². The summed E-state index contributed by atoms with van der Waals surface area (Å²) in [7, 11) is 0. The standard InChI is InChI=1S/C28H40O4/c1-4-5-6-7-8-9-10-11-15-18-32-28(29)27-23(2)21-26(22-24(27)3)31-20-19-30-25-16-13-12-14-17-25/h12-14,16-17,21-22H,4-11,15,18-20H2,1-3H3. The number of carbonyl (C=O) groups is 1. The van der Waals surface area contributed by atoms with E-state index in [2.05, 4.69) is 6.92 Å². The van der Waals surface area contributed by atoms with Gasteiger partial charge in [0.15, 0.2) is 0 Å². The lowest BCUT2D eigenvalue weighted by Crippen LogP contribution is -2.12. The van der Waals surface area contributed by atoms with Gasteiger partial charge in [-0.05, 0) is 55.7 Å². The number of rotatable bonds is 16. The minimum atomic E-state index is -0.237. The van der Waals surface area contributed by atoms with E-state index in [-0.39, 0.29) is 5.97 Å². The summed E-state index contributed by atoms with van der Waals surface area (Å²) in [5, 5.41) is 0. The fraction of sp³-hybridized carbons (Fsp3) is 0.536. The molecule has 0 saturated carbocycles. The Morgan fingerprint density at radius 1 is 0.688 bits per heavy atom. The molecule has 0 aromatic heterocycles. The minimum absolute atomic E-state index is 0.237. The van der Waals surface area contributed by atoms with Crippen LogP contribution in [0, 0.1) is 13.8 Å². The zero-order valence-corrected chi connectivity index (χ0v) is 20.2. The summed E-state index contributed by atoms with van der Waals surface area (Å²) in [6, 6.07) is 13.5. The van der Waals surface area contributed by atoms with Gasteiger partial charge in [-0.25, -0.2) is 4.79 Å². The van der Waals surface area contributed by atoms with E-state index in [1.807, 2.05) is 56.3 Å². The summed E-state index contributed by atoms with van der Waals surface area (Å²) in [4.78, 5) is 12.6. The van der Waals surface area contributed by atoms with Crippen molar-refractivity contribution in [2.75, 3.05) is 19.8 Å². The lowest BCUT2D eigenvalue weighted by molar-refractivity contribution is 0.0496. The van der Waals surface area contributed by atoms with Crippen LogP contribution in [0.25, 0.3) is 0 Å². The first kappa shape index (κ1) is 25.8. The molecule has 2 aromatic carbocycles. The molecule has 0 amide bonds. The topological polar surface area (TPSA) is 44.8 Å². The van der Waals surface area contributed by atoms with Crippen LogP contribution in [0.3, 0.4) is 0 Å². The van der Waals surface area contributed by atoms with Crippen molar-refractivity contribution in [1.82, 2.24) is 0 Å². The Balaban J connectivity index is 1.66. The molecule has 0 fully saturated rings. The molecule has 0 N–H and O–H groups in total. The Hall–Kier alpha value is -2.49. The quantitative estimate of drug-likeness (QED) is 0.201. The van der Waals surface area contributed by atoms with E-state index in [4.69, 9.17) is 14.2 Å². The average molecular weight is 441 g/mol. The summed E-state index contributed by atoms with van der Waals surface area (Å²) in [5.74, 6) is 1.33. The molecule has 0 aliphatic heterocycles. The van der Waals surface area contributed by atoms with Crippen LogP contribution < -0.4 is 9.47 Å². The first-order valence-electron chi connectivity index (χ1n) is 12.2. The van der Waals surface area contributed by atoms with E-state index >= 15 is 0 Å². The van der Waals surface area contributed by atoms with Crippen molar-refractivity contribution in [2.24, 2.45) is 0 Å². The number of unbranched alkanes of at least 4 members (excludes halogenated alkanes) is 8. The van der Waals surface area contributed by atoms with Gasteiger partial charge in [-0.3, -0.25) is 0 Å². The Morgan fingerprint density at radius 2 is 1.22 bits per heavy atom. The van der Waals surface area contributed by atoms with Crippen LogP contribution in [-0.2, 0) is 4.74 Å². The van der Waals surface area contributed by atoms with Gasteiger partial charge in [-0.2, -0.15) is 0 Å². The Labute approximate surface area is 194 Å². The van der Waals surface area contributed by atoms with Crippen molar-refractivity contribution >= 4 is 5.97 Å². The molecule has 32 heavy (non-hydrogen) atoms. The molecule has 176 valence electrons. The number of hydrogen-bond acceptors (Lipinski definition) is 4. The molecule has 0 radical (unpaired) electrons. The highest BCUT2D eigenvalue weighted by atomic mass is 16.5. The van der Waals surface area contributed by atoms with Gasteiger partial charge in [0, 0.05) is 0 Å². The smallest absolute Gasteiger partial charge is 0.338 e.